The predicted molar refractivity (Wildman–Crippen MR) is 112 cm³/mol. The van der Waals surface area contributed by atoms with Crippen LogP contribution < -0.4 is 15.4 Å². The Labute approximate surface area is 194 Å². The molecule has 9 nitrogen and oxygen atoms in total. The first-order valence-corrected chi connectivity index (χ1v) is 10.2. The van der Waals surface area contributed by atoms with E-state index < -0.39 is 46.3 Å². The van der Waals surface area contributed by atoms with Crippen molar-refractivity contribution in [1.29, 1.82) is 0 Å². The number of pyridine rings is 1. The maximum absolute atomic E-state index is 14.6. The van der Waals surface area contributed by atoms with Crippen LogP contribution in [0.4, 0.5) is 32.4 Å². The predicted octanol–water partition coefficient (Wildman–Crippen LogP) is 3.63. The summed E-state index contributed by atoms with van der Waals surface area (Å²) in [5.41, 5.74) is -1.60. The van der Waals surface area contributed by atoms with E-state index in [0.29, 0.717) is 32.5 Å². The molecular formula is C21H18F5N5O4. The summed E-state index contributed by atoms with van der Waals surface area (Å²) in [5.74, 6) is -4.35. The lowest BCUT2D eigenvalue weighted by Gasteiger charge is -2.26. The maximum atomic E-state index is 14.6. The van der Waals surface area contributed by atoms with Gasteiger partial charge in [0.25, 0.3) is 0 Å². The van der Waals surface area contributed by atoms with E-state index in [2.05, 4.69) is 20.6 Å². The van der Waals surface area contributed by atoms with Crippen LogP contribution in [-0.4, -0.2) is 59.7 Å². The van der Waals surface area contributed by atoms with E-state index in [1.807, 2.05) is 0 Å². The minimum absolute atomic E-state index is 0.183. The van der Waals surface area contributed by atoms with Gasteiger partial charge in [-0.2, -0.15) is 13.2 Å². The van der Waals surface area contributed by atoms with Gasteiger partial charge in [-0.15, -0.1) is 0 Å². The van der Waals surface area contributed by atoms with Crippen molar-refractivity contribution in [3.8, 4) is 11.5 Å². The van der Waals surface area contributed by atoms with Crippen molar-refractivity contribution < 1.29 is 41.0 Å². The maximum Gasteiger partial charge on any atom is 0.418 e. The Kier molecular flexibility index (Phi) is 6.73. The number of halogens is 5. The van der Waals surface area contributed by atoms with E-state index in [1.165, 1.54) is 4.90 Å². The fourth-order valence-corrected chi connectivity index (χ4v) is 3.43. The highest BCUT2D eigenvalue weighted by Crippen LogP contribution is 2.40. The molecule has 3 amide bonds. The topological polar surface area (TPSA) is 109 Å². The molecule has 14 heteroatoms. The van der Waals surface area contributed by atoms with Crippen LogP contribution in [0.3, 0.4) is 0 Å². The molecule has 186 valence electrons. The second-order valence-corrected chi connectivity index (χ2v) is 7.40. The van der Waals surface area contributed by atoms with E-state index in [0.717, 1.165) is 24.4 Å². The number of ether oxygens (including phenoxy) is 2. The highest BCUT2D eigenvalue weighted by molar-refractivity contribution is 5.92. The van der Waals surface area contributed by atoms with Crippen molar-refractivity contribution in [2.75, 3.05) is 38.2 Å². The van der Waals surface area contributed by atoms with Gasteiger partial charge in [0.15, 0.2) is 17.4 Å². The molecule has 0 aliphatic carbocycles. The number of rotatable bonds is 5. The van der Waals surface area contributed by atoms with Gasteiger partial charge < -0.3 is 30.0 Å². The number of carbonyl (C=O) groups is 2. The summed E-state index contributed by atoms with van der Waals surface area (Å²) in [6, 6.07) is 1.59. The molecule has 1 aliphatic heterocycles. The third kappa shape index (κ3) is 5.42. The second kappa shape index (κ2) is 9.74. The Hall–Kier alpha value is -3.94. The molecule has 0 bridgehead atoms. The molecule has 0 atom stereocenters. The number of nitrogens with zero attached hydrogens (tertiary/aromatic N) is 2. The minimum Gasteiger partial charge on any atom is -0.450 e. The molecule has 1 saturated heterocycles. The zero-order chi connectivity index (χ0) is 25.2. The number of nitrogens with one attached hydrogen (secondary N) is 3. The largest absolute Gasteiger partial charge is 0.450 e. The fraction of sp³-hybridized carbons (Fsp3) is 0.286. The number of alkyl halides is 3. The number of carbonyl (C=O) groups excluding carboxylic acids is 2. The molecule has 4 rings (SSSR count). The van der Waals surface area contributed by atoms with Gasteiger partial charge in [-0.05, 0) is 6.07 Å². The first-order chi connectivity index (χ1) is 16.6. The number of urea groups is 1. The first-order valence-electron chi connectivity index (χ1n) is 10.2. The number of amides is 3. The number of benzene rings is 1. The summed E-state index contributed by atoms with van der Waals surface area (Å²) >= 11 is 0. The molecule has 3 aromatic rings. The number of anilines is 1. The molecule has 3 N–H and O–H groups in total. The minimum atomic E-state index is -4.76. The van der Waals surface area contributed by atoms with Gasteiger partial charge in [0.2, 0.25) is 5.91 Å². The average Bonchev–Trinajstić information content (AvgIpc) is 3.26. The van der Waals surface area contributed by atoms with Crippen LogP contribution >= 0.6 is 0 Å². The van der Waals surface area contributed by atoms with Gasteiger partial charge >= 0.3 is 12.2 Å². The highest BCUT2D eigenvalue weighted by Gasteiger charge is 2.35. The van der Waals surface area contributed by atoms with Gasteiger partial charge in [0, 0.05) is 43.3 Å². The summed E-state index contributed by atoms with van der Waals surface area (Å²) in [5, 5.41) is 3.97. The summed E-state index contributed by atoms with van der Waals surface area (Å²) in [4.78, 5) is 31.7. The Bertz CT molecular complexity index is 1230. The number of fused-ring (bicyclic) bond motifs is 1. The first kappa shape index (κ1) is 24.2. The smallest absolute Gasteiger partial charge is 0.418 e. The SMILES string of the molecule is O=C(NCC(=O)N1CCOCC1)Nc1cc(F)c(Oc2ccnc3[nH]cc(C(F)(F)F)c23)c(F)c1. The number of morpholine rings is 1. The van der Waals surface area contributed by atoms with Crippen molar-refractivity contribution in [2.45, 2.75) is 6.18 Å². The van der Waals surface area contributed by atoms with Crippen LogP contribution in [0.5, 0.6) is 11.5 Å². The third-order valence-corrected chi connectivity index (χ3v) is 5.07. The molecule has 1 aliphatic rings. The Morgan fingerprint density at radius 2 is 1.86 bits per heavy atom. The number of hydrogen-bond donors (Lipinski definition) is 3. The van der Waals surface area contributed by atoms with Gasteiger partial charge in [-0.1, -0.05) is 0 Å². The zero-order valence-electron chi connectivity index (χ0n) is 17.8. The summed E-state index contributed by atoms with van der Waals surface area (Å²) in [7, 11) is 0. The van der Waals surface area contributed by atoms with Gasteiger partial charge in [0.1, 0.15) is 11.4 Å². The van der Waals surface area contributed by atoms with Crippen LogP contribution in [0.25, 0.3) is 11.0 Å². The lowest BCUT2D eigenvalue weighted by atomic mass is 10.2. The van der Waals surface area contributed by atoms with Crippen molar-refractivity contribution >= 4 is 28.7 Å². The summed E-state index contributed by atoms with van der Waals surface area (Å²) < 4.78 is 79.4. The van der Waals surface area contributed by atoms with Crippen LogP contribution in [0.15, 0.2) is 30.6 Å². The molecule has 3 heterocycles. The normalized spacial score (nSPS) is 14.1. The second-order valence-electron chi connectivity index (χ2n) is 7.40. The van der Waals surface area contributed by atoms with Crippen molar-refractivity contribution in [3.05, 3.63) is 47.8 Å². The average molecular weight is 499 g/mol. The van der Waals surface area contributed by atoms with E-state index in [-0.39, 0.29) is 23.8 Å². The molecule has 2 aromatic heterocycles. The molecule has 1 fully saturated rings. The molecule has 0 unspecified atom stereocenters. The van der Waals surface area contributed by atoms with Crippen LogP contribution in [0, 0.1) is 11.6 Å². The summed E-state index contributed by atoms with van der Waals surface area (Å²) in [6.07, 6.45) is -2.98. The van der Waals surface area contributed by atoms with Crippen molar-refractivity contribution in [3.63, 3.8) is 0 Å². The van der Waals surface area contributed by atoms with Crippen molar-refractivity contribution in [1.82, 2.24) is 20.2 Å². The monoisotopic (exact) mass is 499 g/mol. The fourth-order valence-electron chi connectivity index (χ4n) is 3.43. The van der Waals surface area contributed by atoms with Crippen LogP contribution in [-0.2, 0) is 15.7 Å². The molecule has 1 aromatic carbocycles. The van der Waals surface area contributed by atoms with Gasteiger partial charge in [-0.3, -0.25) is 4.79 Å². The lowest BCUT2D eigenvalue weighted by Crippen LogP contribution is -2.46. The van der Waals surface area contributed by atoms with E-state index in [9.17, 15) is 31.5 Å². The molecule has 0 radical (unpaired) electrons. The lowest BCUT2D eigenvalue weighted by molar-refractivity contribution is -0.136. The Morgan fingerprint density at radius 1 is 1.17 bits per heavy atom. The van der Waals surface area contributed by atoms with Crippen LogP contribution in [0.1, 0.15) is 5.56 Å². The van der Waals surface area contributed by atoms with E-state index in [1.54, 1.807) is 0 Å². The number of aromatic nitrogens is 2. The van der Waals surface area contributed by atoms with Gasteiger partial charge in [0.05, 0.1) is 30.7 Å². The molecule has 0 saturated carbocycles. The third-order valence-electron chi connectivity index (χ3n) is 5.07. The number of H-pyrrole nitrogens is 1. The van der Waals surface area contributed by atoms with Gasteiger partial charge in [-0.25, -0.2) is 18.6 Å². The van der Waals surface area contributed by atoms with Crippen molar-refractivity contribution in [2.24, 2.45) is 0 Å². The van der Waals surface area contributed by atoms with E-state index >= 15 is 0 Å². The Balaban J connectivity index is 1.46. The highest BCUT2D eigenvalue weighted by atomic mass is 19.4. The molecule has 0 spiro atoms. The molecule has 35 heavy (non-hydrogen) atoms. The van der Waals surface area contributed by atoms with Crippen LogP contribution in [0.2, 0.25) is 0 Å². The zero-order valence-corrected chi connectivity index (χ0v) is 17.8. The number of hydrogen-bond acceptors (Lipinski definition) is 5. The Morgan fingerprint density at radius 3 is 2.51 bits per heavy atom. The standard InChI is InChI=1S/C21H18F5N5O4/c22-13-7-11(30-20(33)29-10-16(32)31-3-5-34-6-4-31)8-14(23)18(13)35-15-1-2-27-19-17(15)12(9-28-19)21(24,25)26/h1-2,7-9H,3-6,10H2,(H,27,28)(H2,29,30,33). The summed E-state index contributed by atoms with van der Waals surface area (Å²) in [6.45, 7) is 1.21. The van der Waals surface area contributed by atoms with E-state index in [4.69, 9.17) is 9.47 Å². The molecular weight excluding hydrogens is 481 g/mol. The quantitative estimate of drug-likeness (QED) is 0.465. The number of aromatic amines is 1.